The number of piperidine rings is 1. The fourth-order valence-corrected chi connectivity index (χ4v) is 2.45. The first kappa shape index (κ1) is 15.2. The van der Waals surface area contributed by atoms with Crippen molar-refractivity contribution in [3.05, 3.63) is 28.8 Å². The molecule has 0 amide bonds. The Morgan fingerprint density at radius 2 is 2.24 bits per heavy atom. The summed E-state index contributed by atoms with van der Waals surface area (Å²) in [5, 5.41) is 3.30. The summed E-state index contributed by atoms with van der Waals surface area (Å²) in [6, 6.07) is 4.11. The smallest absolute Gasteiger partial charge is 0.327 e. The first-order chi connectivity index (χ1) is 10.3. The molecule has 1 aliphatic heterocycles. The van der Waals surface area contributed by atoms with Gasteiger partial charge in [-0.25, -0.2) is 9.78 Å². The van der Waals surface area contributed by atoms with Crippen molar-refractivity contribution in [2.45, 2.75) is 25.8 Å². The first-order valence-electron chi connectivity index (χ1n) is 7.09. The summed E-state index contributed by atoms with van der Waals surface area (Å²) < 4.78 is 6.00. The molecule has 0 saturated carbocycles. The van der Waals surface area contributed by atoms with Crippen molar-refractivity contribution in [3.8, 4) is 0 Å². The Morgan fingerprint density at radius 3 is 2.86 bits per heavy atom. The van der Waals surface area contributed by atoms with Crippen LogP contribution in [0.3, 0.4) is 0 Å². The maximum Gasteiger partial charge on any atom is 0.327 e. The maximum absolute atomic E-state index is 11.9. The van der Waals surface area contributed by atoms with E-state index >= 15 is 0 Å². The van der Waals surface area contributed by atoms with Crippen LogP contribution in [-0.4, -0.2) is 40.7 Å². The standard InChI is InChI=1S/C11H14N4O.C3H6O2/c16-11-14-10-9(2-1-5-13-10)15(11)8-3-6-12-7-4-8;1-2-5-3-4/h1-2,5,8,12H,3-4,6-7H2,(H,13,14,16);3H,2H2,1H3. The number of ether oxygens (including phenoxy) is 1. The number of nitrogens with zero attached hydrogens (tertiary/aromatic N) is 2. The second kappa shape index (κ2) is 7.58. The van der Waals surface area contributed by atoms with E-state index in [9.17, 15) is 9.59 Å². The largest absolute Gasteiger partial charge is 0.468 e. The molecule has 7 nitrogen and oxygen atoms in total. The highest BCUT2D eigenvalue weighted by molar-refractivity contribution is 5.70. The fraction of sp³-hybridized carbons (Fsp3) is 0.500. The summed E-state index contributed by atoms with van der Waals surface area (Å²) in [4.78, 5) is 28.0. The first-order valence-corrected chi connectivity index (χ1v) is 7.09. The molecule has 2 N–H and O–H groups in total. The number of H-pyrrole nitrogens is 1. The summed E-state index contributed by atoms with van der Waals surface area (Å²) >= 11 is 0. The van der Waals surface area contributed by atoms with Gasteiger partial charge in [-0.2, -0.15) is 0 Å². The molecule has 1 aliphatic rings. The van der Waals surface area contributed by atoms with E-state index in [2.05, 4.69) is 20.0 Å². The number of aromatic amines is 1. The number of aromatic nitrogens is 3. The Kier molecular flexibility index (Phi) is 5.51. The molecule has 3 rings (SSSR count). The molecule has 0 unspecified atom stereocenters. The quantitative estimate of drug-likeness (QED) is 0.818. The predicted octanol–water partition coefficient (Wildman–Crippen LogP) is 0.828. The molecule has 114 valence electrons. The minimum Gasteiger partial charge on any atom is -0.468 e. The number of hydrogen-bond acceptors (Lipinski definition) is 5. The normalized spacial score (nSPS) is 15.3. The molecule has 0 aromatic carbocycles. The van der Waals surface area contributed by atoms with Gasteiger partial charge in [0.05, 0.1) is 12.1 Å². The van der Waals surface area contributed by atoms with Gasteiger partial charge in [0.15, 0.2) is 5.65 Å². The number of nitrogens with one attached hydrogen (secondary N) is 2. The van der Waals surface area contributed by atoms with Crippen LogP contribution in [0.2, 0.25) is 0 Å². The van der Waals surface area contributed by atoms with Crippen molar-refractivity contribution in [2.24, 2.45) is 0 Å². The van der Waals surface area contributed by atoms with Gasteiger partial charge in [-0.1, -0.05) is 0 Å². The second-order valence-corrected chi connectivity index (χ2v) is 4.70. The Bertz CT molecular complexity index is 628. The summed E-state index contributed by atoms with van der Waals surface area (Å²) in [5.74, 6) is 0. The minimum atomic E-state index is -0.0411. The molecule has 0 spiro atoms. The maximum atomic E-state index is 11.9. The third kappa shape index (κ3) is 3.69. The van der Waals surface area contributed by atoms with Gasteiger partial charge in [-0.3, -0.25) is 14.3 Å². The summed E-state index contributed by atoms with van der Waals surface area (Å²) in [5.41, 5.74) is 1.56. The van der Waals surface area contributed by atoms with Gasteiger partial charge in [0.1, 0.15) is 0 Å². The third-order valence-corrected chi connectivity index (χ3v) is 3.40. The lowest BCUT2D eigenvalue weighted by Gasteiger charge is -2.23. The summed E-state index contributed by atoms with van der Waals surface area (Å²) in [6.45, 7) is 4.62. The van der Waals surface area contributed by atoms with Crippen molar-refractivity contribution >= 4 is 17.6 Å². The van der Waals surface area contributed by atoms with E-state index in [1.165, 1.54) is 0 Å². The fourth-order valence-electron chi connectivity index (χ4n) is 2.45. The van der Waals surface area contributed by atoms with Crippen LogP contribution in [-0.2, 0) is 9.53 Å². The average molecular weight is 292 g/mol. The zero-order valence-corrected chi connectivity index (χ0v) is 12.0. The molecule has 3 heterocycles. The number of pyridine rings is 1. The lowest BCUT2D eigenvalue weighted by Crippen LogP contribution is -2.33. The molecule has 2 aromatic heterocycles. The monoisotopic (exact) mass is 292 g/mol. The minimum absolute atomic E-state index is 0.0411. The molecule has 21 heavy (non-hydrogen) atoms. The highest BCUT2D eigenvalue weighted by atomic mass is 16.5. The molecule has 1 saturated heterocycles. The molecule has 0 bridgehead atoms. The molecule has 2 aromatic rings. The van der Waals surface area contributed by atoms with Crippen LogP contribution < -0.4 is 11.0 Å². The van der Waals surface area contributed by atoms with Crippen molar-refractivity contribution < 1.29 is 9.53 Å². The molecule has 7 heteroatoms. The topological polar surface area (TPSA) is 89.0 Å². The highest BCUT2D eigenvalue weighted by Gasteiger charge is 2.19. The molecule has 1 fully saturated rings. The average Bonchev–Trinajstić information content (AvgIpc) is 2.85. The summed E-state index contributed by atoms with van der Waals surface area (Å²) in [6.07, 6.45) is 3.70. The SMILES string of the molecule is CCOC=O.O=c1[nH]c2ncccc2n1C1CCNCC1. The lowest BCUT2D eigenvalue weighted by molar-refractivity contribution is -0.128. The van der Waals surface area contributed by atoms with Crippen LogP contribution in [0.1, 0.15) is 25.8 Å². The number of carbonyl (C=O) groups is 1. The molecular weight excluding hydrogens is 272 g/mol. The van der Waals surface area contributed by atoms with E-state index in [1.54, 1.807) is 13.1 Å². The number of rotatable bonds is 3. The predicted molar refractivity (Wildman–Crippen MR) is 79.2 cm³/mol. The Balaban J connectivity index is 0.000000282. The van der Waals surface area contributed by atoms with Gasteiger partial charge in [0.25, 0.3) is 6.47 Å². The van der Waals surface area contributed by atoms with Crippen molar-refractivity contribution in [3.63, 3.8) is 0 Å². The Morgan fingerprint density at radius 1 is 1.48 bits per heavy atom. The van der Waals surface area contributed by atoms with E-state index in [0.29, 0.717) is 24.8 Å². The van der Waals surface area contributed by atoms with E-state index in [-0.39, 0.29) is 5.69 Å². The molecule has 0 aliphatic carbocycles. The van der Waals surface area contributed by atoms with Crippen LogP contribution in [0, 0.1) is 0 Å². The van der Waals surface area contributed by atoms with Crippen LogP contribution in [0.25, 0.3) is 11.2 Å². The van der Waals surface area contributed by atoms with Crippen molar-refractivity contribution in [1.82, 2.24) is 19.9 Å². The van der Waals surface area contributed by atoms with Gasteiger partial charge in [0.2, 0.25) is 0 Å². The molecule has 0 radical (unpaired) electrons. The second-order valence-electron chi connectivity index (χ2n) is 4.70. The van der Waals surface area contributed by atoms with E-state index in [4.69, 9.17) is 0 Å². The summed E-state index contributed by atoms with van der Waals surface area (Å²) in [7, 11) is 0. The van der Waals surface area contributed by atoms with Crippen LogP contribution in [0.4, 0.5) is 0 Å². The van der Waals surface area contributed by atoms with Crippen LogP contribution >= 0.6 is 0 Å². The van der Waals surface area contributed by atoms with Gasteiger partial charge in [-0.15, -0.1) is 0 Å². The Labute approximate surface area is 122 Å². The zero-order valence-electron chi connectivity index (χ0n) is 12.0. The highest BCUT2D eigenvalue weighted by Crippen LogP contribution is 2.20. The van der Waals surface area contributed by atoms with Gasteiger partial charge in [0, 0.05) is 12.2 Å². The molecule has 0 atom stereocenters. The number of carbonyl (C=O) groups excluding carboxylic acids is 1. The van der Waals surface area contributed by atoms with Gasteiger partial charge < -0.3 is 10.1 Å². The van der Waals surface area contributed by atoms with Crippen LogP contribution in [0.5, 0.6) is 0 Å². The number of imidazole rings is 1. The number of fused-ring (bicyclic) bond motifs is 1. The third-order valence-electron chi connectivity index (χ3n) is 3.40. The zero-order chi connectivity index (χ0) is 15.1. The van der Waals surface area contributed by atoms with E-state index in [1.807, 2.05) is 16.7 Å². The van der Waals surface area contributed by atoms with Gasteiger partial charge in [-0.05, 0) is 45.0 Å². The van der Waals surface area contributed by atoms with Crippen LogP contribution in [0.15, 0.2) is 23.1 Å². The van der Waals surface area contributed by atoms with Gasteiger partial charge >= 0.3 is 5.69 Å². The van der Waals surface area contributed by atoms with Crippen molar-refractivity contribution in [2.75, 3.05) is 19.7 Å². The molecular formula is C14H20N4O3. The van der Waals surface area contributed by atoms with E-state index in [0.717, 1.165) is 31.4 Å². The van der Waals surface area contributed by atoms with E-state index < -0.39 is 0 Å². The lowest BCUT2D eigenvalue weighted by atomic mass is 10.1. The Hall–Kier alpha value is -2.15. The van der Waals surface area contributed by atoms with Crippen molar-refractivity contribution in [1.29, 1.82) is 0 Å². The number of hydrogen-bond donors (Lipinski definition) is 2.